The highest BCUT2D eigenvalue weighted by molar-refractivity contribution is 6.30. The molecule has 0 amide bonds. The predicted octanol–water partition coefficient (Wildman–Crippen LogP) is 2.24. The summed E-state index contributed by atoms with van der Waals surface area (Å²) in [6.45, 7) is 4.76. The number of benzene rings is 1. The highest BCUT2D eigenvalue weighted by Crippen LogP contribution is 2.36. The number of aromatic nitrogens is 2. The lowest BCUT2D eigenvalue weighted by Crippen LogP contribution is -2.46. The van der Waals surface area contributed by atoms with Crippen LogP contribution in [0.5, 0.6) is 0 Å². The summed E-state index contributed by atoms with van der Waals surface area (Å²) in [6, 6.07) is 10.5. The average Bonchev–Trinajstić information content (AvgIpc) is 2.59. The zero-order valence-corrected chi connectivity index (χ0v) is 15.6. The molecule has 0 unspecified atom stereocenters. The first-order valence-electron chi connectivity index (χ1n) is 9.18. The maximum absolute atomic E-state index is 6.09. The molecule has 2 fully saturated rings. The van der Waals surface area contributed by atoms with Gasteiger partial charge in [-0.2, -0.15) is 4.98 Å². The molecule has 0 spiro atoms. The Bertz CT molecular complexity index is 768. The van der Waals surface area contributed by atoms with Gasteiger partial charge in [-0.15, -0.1) is 0 Å². The van der Waals surface area contributed by atoms with Crippen molar-refractivity contribution in [2.45, 2.75) is 31.3 Å². The molecule has 1 saturated heterocycles. The molecule has 26 heavy (non-hydrogen) atoms. The molecule has 6 nitrogen and oxygen atoms in total. The van der Waals surface area contributed by atoms with Gasteiger partial charge in [0.25, 0.3) is 0 Å². The minimum Gasteiger partial charge on any atom is -0.368 e. The van der Waals surface area contributed by atoms with Crippen molar-refractivity contribution in [2.75, 3.05) is 36.8 Å². The molecule has 2 aliphatic rings. The minimum atomic E-state index is 0.301. The Morgan fingerprint density at radius 3 is 2.54 bits per heavy atom. The van der Waals surface area contributed by atoms with Gasteiger partial charge in [-0.1, -0.05) is 23.7 Å². The molecule has 2 heterocycles. The molecule has 1 saturated carbocycles. The normalized spacial score (nSPS) is 23.7. The number of halogens is 1. The molecule has 4 rings (SSSR count). The number of nitrogens with two attached hydrogens (primary N) is 2. The van der Waals surface area contributed by atoms with Crippen molar-refractivity contribution in [1.82, 2.24) is 14.9 Å². The second-order valence-corrected chi connectivity index (χ2v) is 7.77. The summed E-state index contributed by atoms with van der Waals surface area (Å²) in [5.41, 5.74) is 14.2. The summed E-state index contributed by atoms with van der Waals surface area (Å²) < 4.78 is 0. The summed E-state index contributed by atoms with van der Waals surface area (Å²) >= 11 is 6.09. The number of hydrogen-bond donors (Lipinski definition) is 2. The van der Waals surface area contributed by atoms with Gasteiger partial charge in [-0.25, -0.2) is 4.98 Å². The SMILES string of the molecule is Nc1nc(C2CC(N)C2)cc(N2CCN(Cc3cccc(Cl)c3)CC2)n1. The van der Waals surface area contributed by atoms with Crippen LogP contribution in [0.2, 0.25) is 5.02 Å². The summed E-state index contributed by atoms with van der Waals surface area (Å²) in [4.78, 5) is 13.6. The molecular formula is C19H25ClN6. The highest BCUT2D eigenvalue weighted by Gasteiger charge is 2.29. The zero-order valence-electron chi connectivity index (χ0n) is 14.8. The fraction of sp³-hybridized carbons (Fsp3) is 0.474. The van der Waals surface area contributed by atoms with E-state index in [1.54, 1.807) is 0 Å². The summed E-state index contributed by atoms with van der Waals surface area (Å²) in [6.07, 6.45) is 1.98. The Kier molecular flexibility index (Phi) is 4.98. The van der Waals surface area contributed by atoms with Crippen LogP contribution < -0.4 is 16.4 Å². The Balaban J connectivity index is 1.38. The van der Waals surface area contributed by atoms with Gasteiger partial charge in [0.2, 0.25) is 5.95 Å². The third kappa shape index (κ3) is 3.92. The molecule has 1 aromatic carbocycles. The van der Waals surface area contributed by atoms with E-state index in [1.165, 1.54) is 5.56 Å². The van der Waals surface area contributed by atoms with E-state index >= 15 is 0 Å². The van der Waals surface area contributed by atoms with E-state index in [4.69, 9.17) is 23.1 Å². The van der Waals surface area contributed by atoms with E-state index in [-0.39, 0.29) is 0 Å². The van der Waals surface area contributed by atoms with E-state index in [9.17, 15) is 0 Å². The van der Waals surface area contributed by atoms with Crippen LogP contribution >= 0.6 is 11.6 Å². The van der Waals surface area contributed by atoms with Gasteiger partial charge in [-0.05, 0) is 30.5 Å². The van der Waals surface area contributed by atoms with Crippen molar-refractivity contribution in [2.24, 2.45) is 5.73 Å². The molecule has 4 N–H and O–H groups in total. The van der Waals surface area contributed by atoms with Crippen molar-refractivity contribution in [3.05, 3.63) is 46.6 Å². The smallest absolute Gasteiger partial charge is 0.222 e. The fourth-order valence-corrected chi connectivity index (χ4v) is 3.99. The first-order chi connectivity index (χ1) is 12.6. The summed E-state index contributed by atoms with van der Waals surface area (Å²) in [5, 5.41) is 0.792. The molecule has 1 aliphatic carbocycles. The Morgan fingerprint density at radius 2 is 1.85 bits per heavy atom. The summed E-state index contributed by atoms with van der Waals surface area (Å²) in [7, 11) is 0. The van der Waals surface area contributed by atoms with E-state index < -0.39 is 0 Å². The van der Waals surface area contributed by atoms with Crippen LogP contribution in [0.15, 0.2) is 30.3 Å². The molecule has 1 aromatic heterocycles. The van der Waals surface area contributed by atoms with Gasteiger partial charge in [0, 0.05) is 55.8 Å². The van der Waals surface area contributed by atoms with E-state index in [2.05, 4.69) is 31.9 Å². The fourth-order valence-electron chi connectivity index (χ4n) is 3.77. The standard InChI is InChI=1S/C19H25ClN6/c20-15-3-1-2-13(8-15)12-25-4-6-26(7-5-25)18-11-17(23-19(22)24-18)14-9-16(21)10-14/h1-3,8,11,14,16H,4-7,9-10,12,21H2,(H2,22,23,24). The molecule has 0 atom stereocenters. The number of nitrogen functional groups attached to an aromatic ring is 1. The van der Waals surface area contributed by atoms with E-state index in [1.807, 2.05) is 18.2 Å². The molecule has 0 radical (unpaired) electrons. The van der Waals surface area contributed by atoms with Crippen molar-refractivity contribution in [3.63, 3.8) is 0 Å². The molecular weight excluding hydrogens is 348 g/mol. The molecule has 138 valence electrons. The number of piperazine rings is 1. The molecule has 2 aromatic rings. The van der Waals surface area contributed by atoms with Crippen LogP contribution in [-0.2, 0) is 6.54 Å². The lowest BCUT2D eigenvalue weighted by atomic mass is 9.78. The number of rotatable bonds is 4. The molecule has 0 bridgehead atoms. The largest absolute Gasteiger partial charge is 0.368 e. The second kappa shape index (κ2) is 7.39. The Labute approximate surface area is 159 Å². The number of hydrogen-bond acceptors (Lipinski definition) is 6. The van der Waals surface area contributed by atoms with Crippen LogP contribution in [0.3, 0.4) is 0 Å². The molecule has 7 heteroatoms. The monoisotopic (exact) mass is 372 g/mol. The quantitative estimate of drug-likeness (QED) is 0.856. The van der Waals surface area contributed by atoms with Gasteiger partial charge < -0.3 is 16.4 Å². The van der Waals surface area contributed by atoms with Crippen LogP contribution in [0.1, 0.15) is 30.0 Å². The van der Waals surface area contributed by atoms with Crippen LogP contribution in [0, 0.1) is 0 Å². The molecule has 1 aliphatic heterocycles. The third-order valence-electron chi connectivity index (χ3n) is 5.33. The van der Waals surface area contributed by atoms with Crippen LogP contribution in [0.4, 0.5) is 11.8 Å². The average molecular weight is 373 g/mol. The first-order valence-corrected chi connectivity index (χ1v) is 9.56. The number of anilines is 2. The first kappa shape index (κ1) is 17.5. The third-order valence-corrected chi connectivity index (χ3v) is 5.57. The van der Waals surface area contributed by atoms with Crippen molar-refractivity contribution in [1.29, 1.82) is 0 Å². The summed E-state index contributed by atoms with van der Waals surface area (Å²) in [5.74, 6) is 1.73. The Morgan fingerprint density at radius 1 is 1.08 bits per heavy atom. The maximum atomic E-state index is 6.09. The zero-order chi connectivity index (χ0) is 18.1. The van der Waals surface area contributed by atoms with Gasteiger partial charge in [0.1, 0.15) is 5.82 Å². The van der Waals surface area contributed by atoms with E-state index in [0.717, 1.165) is 62.1 Å². The van der Waals surface area contributed by atoms with Crippen LogP contribution in [0.25, 0.3) is 0 Å². The number of nitrogens with zero attached hydrogens (tertiary/aromatic N) is 4. The topological polar surface area (TPSA) is 84.3 Å². The van der Waals surface area contributed by atoms with Gasteiger partial charge in [0.05, 0.1) is 5.69 Å². The lowest BCUT2D eigenvalue weighted by molar-refractivity contribution is 0.249. The predicted molar refractivity (Wildman–Crippen MR) is 105 cm³/mol. The van der Waals surface area contributed by atoms with Crippen molar-refractivity contribution < 1.29 is 0 Å². The van der Waals surface area contributed by atoms with Gasteiger partial charge in [0.15, 0.2) is 0 Å². The lowest BCUT2D eigenvalue weighted by Gasteiger charge is -2.36. The van der Waals surface area contributed by atoms with Gasteiger partial charge in [-0.3, -0.25) is 4.90 Å². The van der Waals surface area contributed by atoms with E-state index in [0.29, 0.717) is 17.9 Å². The highest BCUT2D eigenvalue weighted by atomic mass is 35.5. The van der Waals surface area contributed by atoms with Crippen molar-refractivity contribution in [3.8, 4) is 0 Å². The minimum absolute atomic E-state index is 0.301. The maximum Gasteiger partial charge on any atom is 0.222 e. The van der Waals surface area contributed by atoms with Crippen molar-refractivity contribution >= 4 is 23.4 Å². The second-order valence-electron chi connectivity index (χ2n) is 7.33. The van der Waals surface area contributed by atoms with Gasteiger partial charge >= 0.3 is 0 Å². The van der Waals surface area contributed by atoms with Crippen LogP contribution in [-0.4, -0.2) is 47.1 Å². The Hall–Kier alpha value is -1.89.